The molecule has 2 aromatic heterocycles. The van der Waals surface area contributed by atoms with Crippen LogP contribution in [0, 0.1) is 0 Å². The monoisotopic (exact) mass is 399 g/mol. The predicted octanol–water partition coefficient (Wildman–Crippen LogP) is 2.08. The number of hydrogen-bond donors (Lipinski definition) is 2. The minimum absolute atomic E-state index is 0.00296. The number of nitrogens with zero attached hydrogens (tertiary/aromatic N) is 2. The molecule has 3 heterocycles. The van der Waals surface area contributed by atoms with Gasteiger partial charge in [0.05, 0.1) is 24.2 Å². The molecule has 1 aliphatic heterocycles. The lowest BCUT2D eigenvalue weighted by atomic mass is 10.1. The molecule has 144 valence electrons. The quantitative estimate of drug-likeness (QED) is 0.636. The summed E-state index contributed by atoms with van der Waals surface area (Å²) in [7, 11) is 0. The summed E-state index contributed by atoms with van der Waals surface area (Å²) < 4.78 is 6.39. The normalized spacial score (nSPS) is 12.3. The van der Waals surface area contributed by atoms with Crippen molar-refractivity contribution >= 4 is 39.2 Å². The van der Waals surface area contributed by atoms with Crippen molar-refractivity contribution in [3.8, 4) is 5.75 Å². The Labute approximate surface area is 163 Å². The van der Waals surface area contributed by atoms with Crippen molar-refractivity contribution in [2.75, 3.05) is 11.9 Å². The number of rotatable bonds is 5. The van der Waals surface area contributed by atoms with Gasteiger partial charge in [-0.1, -0.05) is 12.1 Å². The molecule has 3 aromatic rings. The third kappa shape index (κ3) is 3.03. The number of para-hydroxylation sites is 1. The second-order valence-corrected chi connectivity index (χ2v) is 7.18. The number of pyridine rings is 1. The molecular formula is C19H17N3O5S. The first kappa shape index (κ1) is 18.2. The number of amides is 1. The van der Waals surface area contributed by atoms with E-state index < -0.39 is 17.4 Å². The SMILES string of the molecule is CCOC(=O)Cc1csc(NC(=O)c2c(O)c3cccc4c3n(c2=O)CC4)n1. The Kier molecular flexibility index (Phi) is 4.60. The summed E-state index contributed by atoms with van der Waals surface area (Å²) in [6.45, 7) is 2.46. The zero-order valence-electron chi connectivity index (χ0n) is 15.0. The molecule has 1 aliphatic rings. The molecule has 28 heavy (non-hydrogen) atoms. The molecule has 0 saturated carbocycles. The zero-order chi connectivity index (χ0) is 19.8. The summed E-state index contributed by atoms with van der Waals surface area (Å²) in [4.78, 5) is 41.2. The van der Waals surface area contributed by atoms with Crippen molar-refractivity contribution in [3.63, 3.8) is 0 Å². The number of aryl methyl sites for hydroxylation is 2. The molecule has 0 fully saturated rings. The Bertz CT molecular complexity index is 1160. The Morgan fingerprint density at radius 2 is 2.21 bits per heavy atom. The van der Waals surface area contributed by atoms with Crippen molar-refractivity contribution < 1.29 is 19.4 Å². The van der Waals surface area contributed by atoms with Crippen LogP contribution >= 0.6 is 11.3 Å². The maximum absolute atomic E-state index is 12.8. The van der Waals surface area contributed by atoms with E-state index in [9.17, 15) is 19.5 Å². The van der Waals surface area contributed by atoms with Gasteiger partial charge in [-0.05, 0) is 25.0 Å². The topological polar surface area (TPSA) is 111 Å². The highest BCUT2D eigenvalue weighted by Crippen LogP contribution is 2.32. The fraction of sp³-hybridized carbons (Fsp3) is 0.263. The maximum atomic E-state index is 12.8. The second-order valence-electron chi connectivity index (χ2n) is 6.32. The lowest BCUT2D eigenvalue weighted by Gasteiger charge is -2.10. The number of benzene rings is 1. The molecule has 0 atom stereocenters. The molecule has 0 radical (unpaired) electrons. The molecule has 0 aliphatic carbocycles. The van der Waals surface area contributed by atoms with E-state index in [2.05, 4.69) is 10.3 Å². The predicted molar refractivity (Wildman–Crippen MR) is 104 cm³/mol. The standard InChI is InChI=1S/C19H17N3O5S/c1-2-27-13(23)8-11-9-28-19(20-11)21-17(25)14-16(24)12-5-3-4-10-6-7-22(15(10)12)18(14)26/h3-5,9,24H,2,6-8H2,1H3,(H,20,21,25). The van der Waals surface area contributed by atoms with Gasteiger partial charge in [0, 0.05) is 17.3 Å². The molecule has 0 saturated heterocycles. The van der Waals surface area contributed by atoms with Gasteiger partial charge in [0.1, 0.15) is 11.3 Å². The van der Waals surface area contributed by atoms with Crippen LogP contribution in [0.4, 0.5) is 5.13 Å². The molecule has 0 unspecified atom stereocenters. The number of carbonyl (C=O) groups excluding carboxylic acids is 2. The molecule has 2 N–H and O–H groups in total. The van der Waals surface area contributed by atoms with E-state index in [0.717, 1.165) is 16.9 Å². The number of anilines is 1. The molecule has 1 aromatic carbocycles. The third-order valence-corrected chi connectivity index (χ3v) is 5.38. The third-order valence-electron chi connectivity index (χ3n) is 4.58. The Morgan fingerprint density at radius 3 is 3.00 bits per heavy atom. The number of thiazole rings is 1. The average Bonchev–Trinajstić information content (AvgIpc) is 3.27. The van der Waals surface area contributed by atoms with Crippen LogP contribution in [0.2, 0.25) is 0 Å². The minimum atomic E-state index is -0.734. The van der Waals surface area contributed by atoms with E-state index in [-0.39, 0.29) is 29.5 Å². The number of ether oxygens (including phenoxy) is 1. The summed E-state index contributed by atoms with van der Waals surface area (Å²) >= 11 is 1.13. The van der Waals surface area contributed by atoms with Crippen molar-refractivity contribution in [2.24, 2.45) is 0 Å². The van der Waals surface area contributed by atoms with Gasteiger partial charge < -0.3 is 14.4 Å². The number of aromatic hydroxyl groups is 1. The number of nitrogens with one attached hydrogen (secondary N) is 1. The highest BCUT2D eigenvalue weighted by Gasteiger charge is 2.26. The first-order valence-electron chi connectivity index (χ1n) is 8.78. The minimum Gasteiger partial charge on any atom is -0.506 e. The van der Waals surface area contributed by atoms with Crippen LogP contribution < -0.4 is 10.9 Å². The molecule has 0 spiro atoms. The number of aromatic nitrogens is 2. The molecule has 0 bridgehead atoms. The number of hydrogen-bond acceptors (Lipinski definition) is 7. The number of carbonyl (C=O) groups is 2. The summed E-state index contributed by atoms with van der Waals surface area (Å²) in [6, 6.07) is 5.39. The van der Waals surface area contributed by atoms with Gasteiger partial charge in [0.2, 0.25) is 0 Å². The Hall–Kier alpha value is -3.20. The van der Waals surface area contributed by atoms with Gasteiger partial charge in [0.15, 0.2) is 5.13 Å². The maximum Gasteiger partial charge on any atom is 0.311 e. The number of esters is 1. The van der Waals surface area contributed by atoms with Crippen molar-refractivity contribution in [1.82, 2.24) is 9.55 Å². The van der Waals surface area contributed by atoms with Crippen LogP contribution in [0.15, 0.2) is 28.4 Å². The largest absolute Gasteiger partial charge is 0.506 e. The summed E-state index contributed by atoms with van der Waals surface area (Å²) in [5, 5.41) is 15.5. The average molecular weight is 399 g/mol. The van der Waals surface area contributed by atoms with E-state index in [1.165, 1.54) is 4.57 Å². The van der Waals surface area contributed by atoms with Gasteiger partial charge in [-0.2, -0.15) is 0 Å². The van der Waals surface area contributed by atoms with E-state index >= 15 is 0 Å². The first-order chi connectivity index (χ1) is 13.5. The van der Waals surface area contributed by atoms with Crippen molar-refractivity contribution in [3.05, 3.63) is 50.8 Å². The molecule has 8 nitrogen and oxygen atoms in total. The fourth-order valence-corrected chi connectivity index (χ4v) is 4.10. The Morgan fingerprint density at radius 1 is 1.39 bits per heavy atom. The van der Waals surface area contributed by atoms with Crippen LogP contribution in [0.3, 0.4) is 0 Å². The molecule has 4 rings (SSSR count). The van der Waals surface area contributed by atoms with Gasteiger partial charge in [-0.3, -0.25) is 19.7 Å². The van der Waals surface area contributed by atoms with Crippen molar-refractivity contribution in [1.29, 1.82) is 0 Å². The van der Waals surface area contributed by atoms with Gasteiger partial charge in [-0.25, -0.2) is 4.98 Å². The smallest absolute Gasteiger partial charge is 0.311 e. The summed E-state index contributed by atoms with van der Waals surface area (Å²) in [5.74, 6) is -1.47. The van der Waals surface area contributed by atoms with E-state index in [1.807, 2.05) is 6.07 Å². The highest BCUT2D eigenvalue weighted by molar-refractivity contribution is 7.14. The lowest BCUT2D eigenvalue weighted by Crippen LogP contribution is -2.28. The van der Waals surface area contributed by atoms with E-state index in [0.29, 0.717) is 29.6 Å². The van der Waals surface area contributed by atoms with Gasteiger partial charge in [-0.15, -0.1) is 11.3 Å². The fourth-order valence-electron chi connectivity index (χ4n) is 3.39. The van der Waals surface area contributed by atoms with Crippen LogP contribution in [-0.4, -0.2) is 33.1 Å². The Balaban J connectivity index is 1.64. The van der Waals surface area contributed by atoms with Crippen LogP contribution in [0.5, 0.6) is 5.75 Å². The van der Waals surface area contributed by atoms with E-state index in [1.54, 1.807) is 24.4 Å². The van der Waals surface area contributed by atoms with Crippen LogP contribution in [-0.2, 0) is 28.9 Å². The highest BCUT2D eigenvalue weighted by atomic mass is 32.1. The summed E-state index contributed by atoms with van der Waals surface area (Å²) in [6.07, 6.45) is 0.678. The van der Waals surface area contributed by atoms with Crippen LogP contribution in [0.1, 0.15) is 28.5 Å². The van der Waals surface area contributed by atoms with E-state index in [4.69, 9.17) is 4.74 Å². The molecule has 1 amide bonds. The second kappa shape index (κ2) is 7.08. The summed E-state index contributed by atoms with van der Waals surface area (Å²) in [5.41, 5.74) is 1.26. The molecular weight excluding hydrogens is 382 g/mol. The van der Waals surface area contributed by atoms with Crippen molar-refractivity contribution in [2.45, 2.75) is 26.3 Å². The zero-order valence-corrected chi connectivity index (χ0v) is 15.8. The van der Waals surface area contributed by atoms with Gasteiger partial charge in [0.25, 0.3) is 11.5 Å². The lowest BCUT2D eigenvalue weighted by molar-refractivity contribution is -0.142. The van der Waals surface area contributed by atoms with Crippen LogP contribution in [0.25, 0.3) is 10.9 Å². The molecule has 9 heteroatoms. The van der Waals surface area contributed by atoms with Gasteiger partial charge >= 0.3 is 5.97 Å². The first-order valence-corrected chi connectivity index (χ1v) is 9.66.